The maximum atomic E-state index is 5.71. The molecular formula is C22H23N3S. The van der Waals surface area contributed by atoms with Gasteiger partial charge in [0.1, 0.15) is 0 Å². The summed E-state index contributed by atoms with van der Waals surface area (Å²) in [5.74, 6) is 0. The van der Waals surface area contributed by atoms with Gasteiger partial charge in [0, 0.05) is 18.4 Å². The lowest BCUT2D eigenvalue weighted by Crippen LogP contribution is -2.34. The molecule has 1 aromatic heterocycles. The van der Waals surface area contributed by atoms with Crippen LogP contribution < -0.4 is 5.32 Å². The normalized spacial score (nSPS) is 10.4. The number of benzene rings is 2. The molecule has 1 N–H and O–H groups in total. The van der Waals surface area contributed by atoms with Crippen LogP contribution in [-0.4, -0.2) is 15.0 Å². The molecule has 2 aromatic carbocycles. The predicted octanol–water partition coefficient (Wildman–Crippen LogP) is 5.10. The van der Waals surface area contributed by atoms with Crippen LogP contribution in [0.3, 0.4) is 0 Å². The maximum absolute atomic E-state index is 5.71. The molecule has 0 aliphatic rings. The molecule has 0 aliphatic heterocycles. The van der Waals surface area contributed by atoms with Crippen molar-refractivity contribution >= 4 is 23.0 Å². The van der Waals surface area contributed by atoms with E-state index in [0.717, 1.165) is 17.9 Å². The van der Waals surface area contributed by atoms with Gasteiger partial charge >= 0.3 is 0 Å². The Hall–Kier alpha value is -2.72. The number of thiocarbonyl (C=S) groups is 1. The molecule has 0 atom stereocenters. The number of nitrogens with one attached hydrogen (secondary N) is 1. The monoisotopic (exact) mass is 361 g/mol. The Kier molecular flexibility index (Phi) is 5.97. The van der Waals surface area contributed by atoms with Gasteiger partial charge in [-0.2, -0.15) is 0 Å². The second-order valence-electron chi connectivity index (χ2n) is 6.46. The summed E-state index contributed by atoms with van der Waals surface area (Å²) in [4.78, 5) is 6.59. The third-order valence-corrected chi connectivity index (χ3v) is 4.49. The zero-order valence-electron chi connectivity index (χ0n) is 15.1. The van der Waals surface area contributed by atoms with Crippen molar-refractivity contribution in [2.24, 2.45) is 0 Å². The number of rotatable bonds is 5. The summed E-state index contributed by atoms with van der Waals surface area (Å²) in [5.41, 5.74) is 5.68. The molecule has 0 bridgehead atoms. The summed E-state index contributed by atoms with van der Waals surface area (Å²) in [6.07, 6.45) is 1.82. The van der Waals surface area contributed by atoms with Crippen LogP contribution in [0.4, 0.5) is 5.69 Å². The van der Waals surface area contributed by atoms with Gasteiger partial charge in [0.25, 0.3) is 0 Å². The van der Waals surface area contributed by atoms with Crippen LogP contribution in [-0.2, 0) is 13.1 Å². The zero-order valence-corrected chi connectivity index (χ0v) is 16.0. The molecule has 0 spiro atoms. The van der Waals surface area contributed by atoms with Gasteiger partial charge in [-0.15, -0.1) is 0 Å². The van der Waals surface area contributed by atoms with E-state index < -0.39 is 0 Å². The van der Waals surface area contributed by atoms with E-state index in [-0.39, 0.29) is 0 Å². The Morgan fingerprint density at radius 2 is 1.73 bits per heavy atom. The minimum Gasteiger partial charge on any atom is -0.339 e. The van der Waals surface area contributed by atoms with Crippen LogP contribution in [0.25, 0.3) is 0 Å². The second-order valence-corrected chi connectivity index (χ2v) is 6.85. The van der Waals surface area contributed by atoms with Crippen molar-refractivity contribution in [1.29, 1.82) is 0 Å². The van der Waals surface area contributed by atoms with Gasteiger partial charge in [-0.3, -0.25) is 4.98 Å². The molecular weight excluding hydrogens is 338 g/mol. The first-order valence-corrected chi connectivity index (χ1v) is 9.09. The molecule has 0 saturated carbocycles. The molecule has 4 heteroatoms. The average molecular weight is 362 g/mol. The fraction of sp³-hybridized carbons (Fsp3) is 0.182. The van der Waals surface area contributed by atoms with Crippen LogP contribution in [0, 0.1) is 13.8 Å². The average Bonchev–Trinajstić information content (AvgIpc) is 2.64. The van der Waals surface area contributed by atoms with E-state index in [1.807, 2.05) is 36.5 Å². The zero-order chi connectivity index (χ0) is 18.4. The Labute approximate surface area is 160 Å². The molecule has 3 aromatic rings. The minimum atomic E-state index is 0.659. The molecule has 26 heavy (non-hydrogen) atoms. The second kappa shape index (κ2) is 8.59. The molecule has 0 fully saturated rings. The van der Waals surface area contributed by atoms with Crippen molar-refractivity contribution in [2.75, 3.05) is 5.32 Å². The number of hydrogen-bond acceptors (Lipinski definition) is 2. The van der Waals surface area contributed by atoms with Crippen molar-refractivity contribution < 1.29 is 0 Å². The Morgan fingerprint density at radius 1 is 0.923 bits per heavy atom. The first kappa shape index (κ1) is 18.1. The maximum Gasteiger partial charge on any atom is 0.174 e. The molecule has 1 heterocycles. The predicted molar refractivity (Wildman–Crippen MR) is 112 cm³/mol. The molecule has 0 unspecified atom stereocenters. The largest absolute Gasteiger partial charge is 0.339 e. The molecule has 0 saturated heterocycles. The highest BCUT2D eigenvalue weighted by molar-refractivity contribution is 7.80. The lowest BCUT2D eigenvalue weighted by atomic mass is 10.1. The highest BCUT2D eigenvalue weighted by Gasteiger charge is 2.12. The third-order valence-electron chi connectivity index (χ3n) is 4.13. The molecule has 0 aliphatic carbocycles. The number of anilines is 1. The van der Waals surface area contributed by atoms with Crippen molar-refractivity contribution in [2.45, 2.75) is 26.9 Å². The van der Waals surface area contributed by atoms with E-state index in [2.05, 4.69) is 65.4 Å². The molecule has 0 radical (unpaired) electrons. The number of nitrogens with zero attached hydrogens (tertiary/aromatic N) is 2. The van der Waals surface area contributed by atoms with Gasteiger partial charge < -0.3 is 10.2 Å². The molecule has 132 valence electrons. The highest BCUT2D eigenvalue weighted by Crippen LogP contribution is 2.15. The van der Waals surface area contributed by atoms with E-state index >= 15 is 0 Å². The van der Waals surface area contributed by atoms with Crippen LogP contribution in [0.15, 0.2) is 72.9 Å². The standard InChI is InChI=1S/C22H23N3S/c1-17-9-11-19(12-10-17)15-25(16-21-7-3-4-13-23-21)22(26)24-20-8-5-6-18(2)14-20/h3-14H,15-16H2,1-2H3,(H,24,26). The first-order valence-electron chi connectivity index (χ1n) is 8.68. The summed E-state index contributed by atoms with van der Waals surface area (Å²) in [6, 6.07) is 22.7. The lowest BCUT2D eigenvalue weighted by molar-refractivity contribution is 0.407. The SMILES string of the molecule is Cc1ccc(CN(Cc2ccccn2)C(=S)Nc2cccc(C)c2)cc1. The molecule has 0 amide bonds. The van der Waals surface area contributed by atoms with Gasteiger partial charge in [-0.25, -0.2) is 0 Å². The van der Waals surface area contributed by atoms with E-state index in [9.17, 15) is 0 Å². The van der Waals surface area contributed by atoms with Crippen molar-refractivity contribution in [1.82, 2.24) is 9.88 Å². The number of aromatic nitrogens is 1. The fourth-order valence-corrected chi connectivity index (χ4v) is 2.97. The van der Waals surface area contributed by atoms with Crippen molar-refractivity contribution in [3.05, 3.63) is 95.3 Å². The topological polar surface area (TPSA) is 28.2 Å². The van der Waals surface area contributed by atoms with Crippen molar-refractivity contribution in [3.8, 4) is 0 Å². The Balaban J connectivity index is 1.78. The number of pyridine rings is 1. The van der Waals surface area contributed by atoms with Gasteiger partial charge in [-0.1, -0.05) is 48.0 Å². The minimum absolute atomic E-state index is 0.659. The van der Waals surface area contributed by atoms with Crippen LogP contribution in [0.1, 0.15) is 22.4 Å². The molecule has 3 rings (SSSR count). The van der Waals surface area contributed by atoms with Gasteiger partial charge in [-0.05, 0) is 61.5 Å². The van der Waals surface area contributed by atoms with Crippen LogP contribution >= 0.6 is 12.2 Å². The number of hydrogen-bond donors (Lipinski definition) is 1. The summed E-state index contributed by atoms with van der Waals surface area (Å²) in [6.45, 7) is 5.56. The molecule has 3 nitrogen and oxygen atoms in total. The summed E-state index contributed by atoms with van der Waals surface area (Å²) in [5, 5.41) is 4.06. The number of aryl methyl sites for hydroxylation is 2. The fourth-order valence-electron chi connectivity index (χ4n) is 2.73. The van der Waals surface area contributed by atoms with Gasteiger partial charge in [0.2, 0.25) is 0 Å². The van der Waals surface area contributed by atoms with Crippen LogP contribution in [0.2, 0.25) is 0 Å². The summed E-state index contributed by atoms with van der Waals surface area (Å²) in [7, 11) is 0. The van der Waals surface area contributed by atoms with E-state index in [1.165, 1.54) is 16.7 Å². The van der Waals surface area contributed by atoms with E-state index in [4.69, 9.17) is 12.2 Å². The van der Waals surface area contributed by atoms with E-state index in [1.54, 1.807) is 0 Å². The van der Waals surface area contributed by atoms with Gasteiger partial charge in [0.05, 0.1) is 12.2 Å². The highest BCUT2D eigenvalue weighted by atomic mass is 32.1. The van der Waals surface area contributed by atoms with E-state index in [0.29, 0.717) is 11.7 Å². The Bertz CT molecular complexity index is 860. The smallest absolute Gasteiger partial charge is 0.174 e. The first-order chi connectivity index (χ1) is 12.6. The summed E-state index contributed by atoms with van der Waals surface area (Å²) >= 11 is 5.71. The van der Waals surface area contributed by atoms with Crippen molar-refractivity contribution in [3.63, 3.8) is 0 Å². The Morgan fingerprint density at radius 3 is 2.42 bits per heavy atom. The van der Waals surface area contributed by atoms with Gasteiger partial charge in [0.15, 0.2) is 5.11 Å². The summed E-state index contributed by atoms with van der Waals surface area (Å²) < 4.78 is 0. The third kappa shape index (κ3) is 5.14. The quantitative estimate of drug-likeness (QED) is 0.640. The van der Waals surface area contributed by atoms with Crippen LogP contribution in [0.5, 0.6) is 0 Å². The lowest BCUT2D eigenvalue weighted by Gasteiger charge is -2.26.